The second kappa shape index (κ2) is 8.31. The minimum atomic E-state index is -5.68. The van der Waals surface area contributed by atoms with E-state index in [4.69, 9.17) is 16.4 Å². The molecule has 0 spiro atoms. The Balaban J connectivity index is 2.28. The van der Waals surface area contributed by atoms with E-state index in [0.717, 1.165) is 30.3 Å². The summed E-state index contributed by atoms with van der Waals surface area (Å²) in [5.74, 6) is -1.73. The Morgan fingerprint density at radius 1 is 1.18 bits per heavy atom. The van der Waals surface area contributed by atoms with Crippen molar-refractivity contribution < 1.29 is 35.2 Å². The molecule has 0 amide bonds. The van der Waals surface area contributed by atoms with Gasteiger partial charge in [0, 0.05) is 10.6 Å². The molecule has 0 aliphatic rings. The number of rotatable bonds is 6. The lowest BCUT2D eigenvalue weighted by Crippen LogP contribution is -2.30. The average molecular weight is 443 g/mol. The van der Waals surface area contributed by atoms with Crippen molar-refractivity contribution in [2.45, 2.75) is 19.0 Å². The molecule has 28 heavy (non-hydrogen) atoms. The van der Waals surface area contributed by atoms with Crippen molar-refractivity contribution in [1.82, 2.24) is 0 Å². The highest BCUT2D eigenvalue weighted by atomic mass is 35.5. The van der Waals surface area contributed by atoms with Crippen LogP contribution in [0, 0.1) is 11.6 Å². The second-order valence-electron chi connectivity index (χ2n) is 5.39. The van der Waals surface area contributed by atoms with E-state index in [9.17, 15) is 30.4 Å². The van der Waals surface area contributed by atoms with Crippen LogP contribution in [-0.2, 0) is 21.5 Å². The Bertz CT molecular complexity index is 990. The zero-order chi connectivity index (χ0) is 21.1. The van der Waals surface area contributed by atoms with Gasteiger partial charge in [-0.05, 0) is 37.3 Å². The Labute approximate surface area is 161 Å². The van der Waals surface area contributed by atoms with Gasteiger partial charge in [0.05, 0.1) is 17.0 Å². The van der Waals surface area contributed by atoms with E-state index in [0.29, 0.717) is 0 Å². The highest BCUT2D eigenvalue weighted by Crippen LogP contribution is 2.29. The van der Waals surface area contributed by atoms with Gasteiger partial charge in [-0.3, -0.25) is 4.72 Å². The first-order chi connectivity index (χ1) is 12.9. The van der Waals surface area contributed by atoms with E-state index in [1.165, 1.54) is 17.7 Å². The van der Waals surface area contributed by atoms with Crippen LogP contribution in [0.4, 0.5) is 27.6 Å². The molecule has 0 radical (unpaired) electrons. The maximum absolute atomic E-state index is 13.5. The fraction of sp³-hybridized carbons (Fsp3) is 0.188. The monoisotopic (exact) mass is 442 g/mol. The molecular formula is C16H12ClF5N2O3S. The van der Waals surface area contributed by atoms with Crippen LogP contribution in [0.3, 0.4) is 0 Å². The normalized spacial score (nSPS) is 12.8. The third-order valence-corrected chi connectivity index (χ3v) is 4.73. The summed E-state index contributed by atoms with van der Waals surface area (Å²) in [7, 11) is -5.68. The standard InChI is InChI=1S/C16H12ClF5N2O3S/c1-9(23-27-8-12-13(18)3-2-4-14(12)19)11-7-10(17)5-6-15(11)24-28(25,26)16(20,21)22/h2-7,24H,8H2,1H3/b23-9+. The van der Waals surface area contributed by atoms with E-state index >= 15 is 0 Å². The lowest BCUT2D eigenvalue weighted by atomic mass is 10.1. The van der Waals surface area contributed by atoms with Crippen molar-refractivity contribution in [2.75, 3.05) is 4.72 Å². The fourth-order valence-corrected chi connectivity index (χ4v) is 2.78. The summed E-state index contributed by atoms with van der Waals surface area (Å²) in [6.07, 6.45) is 0. The number of nitrogens with zero attached hydrogens (tertiary/aromatic N) is 1. The molecule has 0 saturated carbocycles. The van der Waals surface area contributed by atoms with Crippen LogP contribution in [0.1, 0.15) is 18.1 Å². The third kappa shape index (κ3) is 5.10. The molecule has 1 N–H and O–H groups in total. The predicted molar refractivity (Wildman–Crippen MR) is 93.4 cm³/mol. The van der Waals surface area contributed by atoms with Crippen molar-refractivity contribution >= 4 is 33.0 Å². The molecule has 0 saturated heterocycles. The Morgan fingerprint density at radius 3 is 2.36 bits per heavy atom. The summed E-state index contributed by atoms with van der Waals surface area (Å²) in [6.45, 7) is 0.689. The molecule has 0 unspecified atom stereocenters. The first-order valence-electron chi connectivity index (χ1n) is 7.41. The van der Waals surface area contributed by atoms with Crippen molar-refractivity contribution in [2.24, 2.45) is 5.16 Å². The number of sulfonamides is 1. The molecule has 0 aromatic heterocycles. The molecule has 0 aliphatic carbocycles. The van der Waals surface area contributed by atoms with Crippen molar-refractivity contribution in [3.8, 4) is 0 Å². The second-order valence-corrected chi connectivity index (χ2v) is 7.50. The van der Waals surface area contributed by atoms with Gasteiger partial charge in [-0.15, -0.1) is 0 Å². The molecule has 0 heterocycles. The van der Waals surface area contributed by atoms with Gasteiger partial charge in [-0.1, -0.05) is 22.8 Å². The van der Waals surface area contributed by atoms with Gasteiger partial charge >= 0.3 is 15.5 Å². The van der Waals surface area contributed by atoms with Crippen LogP contribution in [0.5, 0.6) is 0 Å². The van der Waals surface area contributed by atoms with Gasteiger partial charge in [-0.2, -0.15) is 21.6 Å². The van der Waals surface area contributed by atoms with Gasteiger partial charge in [0.25, 0.3) is 0 Å². The van der Waals surface area contributed by atoms with Crippen molar-refractivity contribution in [1.29, 1.82) is 0 Å². The van der Waals surface area contributed by atoms with Crippen molar-refractivity contribution in [3.05, 3.63) is 64.2 Å². The molecule has 5 nitrogen and oxygen atoms in total. The number of nitrogens with one attached hydrogen (secondary N) is 1. The van der Waals surface area contributed by atoms with Gasteiger partial charge < -0.3 is 4.84 Å². The lowest BCUT2D eigenvalue weighted by molar-refractivity contribution is -0.0429. The molecular weight excluding hydrogens is 431 g/mol. The van der Waals surface area contributed by atoms with E-state index in [2.05, 4.69) is 5.16 Å². The number of hydrogen-bond donors (Lipinski definition) is 1. The summed E-state index contributed by atoms with van der Waals surface area (Å²) in [6, 6.07) is 6.52. The van der Waals surface area contributed by atoms with Crippen LogP contribution in [0.2, 0.25) is 5.02 Å². The van der Waals surface area contributed by atoms with Crippen LogP contribution in [0.15, 0.2) is 41.6 Å². The Hall–Kier alpha value is -2.40. The van der Waals surface area contributed by atoms with E-state index in [1.54, 1.807) is 0 Å². The van der Waals surface area contributed by atoms with E-state index in [-0.39, 0.29) is 16.3 Å². The number of anilines is 1. The SMILES string of the molecule is C/C(=N\OCc1c(F)cccc1F)c1cc(Cl)ccc1NS(=O)(=O)C(F)(F)F. The first kappa shape index (κ1) is 21.9. The quantitative estimate of drug-likeness (QED) is 0.396. The predicted octanol–water partition coefficient (Wildman–Crippen LogP) is 4.82. The molecule has 0 bridgehead atoms. The number of halogens is 6. The molecule has 0 fully saturated rings. The van der Waals surface area contributed by atoms with Crippen molar-refractivity contribution in [3.63, 3.8) is 0 Å². The molecule has 0 aliphatic heterocycles. The summed E-state index contributed by atoms with van der Waals surface area (Å²) in [4.78, 5) is 4.86. The smallest absolute Gasteiger partial charge is 0.390 e. The van der Waals surface area contributed by atoms with Crippen LogP contribution < -0.4 is 4.72 Å². The largest absolute Gasteiger partial charge is 0.516 e. The molecule has 0 atom stereocenters. The Kier molecular flexibility index (Phi) is 6.50. The first-order valence-corrected chi connectivity index (χ1v) is 9.27. The number of hydrogen-bond acceptors (Lipinski definition) is 4. The van der Waals surface area contributed by atoms with Gasteiger partial charge in [0.1, 0.15) is 18.2 Å². The molecule has 2 aromatic carbocycles. The minimum Gasteiger partial charge on any atom is -0.390 e. The van der Waals surface area contributed by atoms with Gasteiger partial charge in [0.2, 0.25) is 0 Å². The van der Waals surface area contributed by atoms with E-state index < -0.39 is 45.0 Å². The maximum Gasteiger partial charge on any atom is 0.516 e. The van der Waals surface area contributed by atoms with Gasteiger partial charge in [0.15, 0.2) is 0 Å². The molecule has 2 rings (SSSR count). The third-order valence-electron chi connectivity index (χ3n) is 3.39. The Morgan fingerprint density at radius 2 is 1.79 bits per heavy atom. The topological polar surface area (TPSA) is 67.8 Å². The number of benzene rings is 2. The van der Waals surface area contributed by atoms with Gasteiger partial charge in [-0.25, -0.2) is 8.78 Å². The van der Waals surface area contributed by atoms with Crippen LogP contribution >= 0.6 is 11.6 Å². The summed E-state index contributed by atoms with van der Waals surface area (Å²) >= 11 is 5.80. The summed E-state index contributed by atoms with van der Waals surface area (Å²) < 4.78 is 88.9. The average Bonchev–Trinajstić information content (AvgIpc) is 2.57. The van der Waals surface area contributed by atoms with E-state index in [1.807, 2.05) is 0 Å². The number of alkyl halides is 3. The lowest BCUT2D eigenvalue weighted by Gasteiger charge is -2.14. The zero-order valence-corrected chi connectivity index (χ0v) is 15.6. The minimum absolute atomic E-state index is 0.0830. The molecule has 12 heteroatoms. The summed E-state index contributed by atoms with van der Waals surface area (Å²) in [5, 5.41) is 3.66. The highest BCUT2D eigenvalue weighted by Gasteiger charge is 2.46. The van der Waals surface area contributed by atoms with Crippen LogP contribution in [0.25, 0.3) is 0 Å². The molecule has 152 valence electrons. The summed E-state index contributed by atoms with van der Waals surface area (Å²) in [5.41, 5.74) is -6.59. The number of oxime groups is 1. The van der Waals surface area contributed by atoms with Crippen LogP contribution in [-0.4, -0.2) is 19.6 Å². The maximum atomic E-state index is 13.5. The highest BCUT2D eigenvalue weighted by molar-refractivity contribution is 7.93. The molecule has 2 aromatic rings. The fourth-order valence-electron chi connectivity index (χ4n) is 2.02. The zero-order valence-electron chi connectivity index (χ0n) is 14.0.